The molecule has 3 heteroatoms. The summed E-state index contributed by atoms with van der Waals surface area (Å²) in [5, 5.41) is 2.18. The van der Waals surface area contributed by atoms with Crippen LogP contribution in [0, 0.1) is 0 Å². The Bertz CT molecular complexity index is 561. The van der Waals surface area contributed by atoms with E-state index in [4.69, 9.17) is 4.74 Å². The largest absolute Gasteiger partial charge is 0.493 e. The molecular formula is C15H15BrOS. The summed E-state index contributed by atoms with van der Waals surface area (Å²) in [5.41, 5.74) is 4.11. The summed E-state index contributed by atoms with van der Waals surface area (Å²) in [4.78, 5) is 1.73. The Kier molecular flexibility index (Phi) is 3.44. The summed E-state index contributed by atoms with van der Waals surface area (Å²) in [6, 6.07) is 8.78. The maximum absolute atomic E-state index is 5.56. The van der Waals surface area contributed by atoms with E-state index in [2.05, 4.69) is 52.5 Å². The SMILES string of the molecule is CCc1ccsc1C(Br)c1ccc2c(c1)CCO2. The molecule has 18 heavy (non-hydrogen) atoms. The summed E-state index contributed by atoms with van der Waals surface area (Å²) in [6.07, 6.45) is 2.13. The van der Waals surface area contributed by atoms with Crippen molar-refractivity contribution in [3.8, 4) is 5.75 Å². The molecule has 1 nitrogen and oxygen atoms in total. The van der Waals surface area contributed by atoms with Crippen LogP contribution in [0.25, 0.3) is 0 Å². The highest BCUT2D eigenvalue weighted by Gasteiger charge is 2.18. The fraction of sp³-hybridized carbons (Fsp3) is 0.333. The van der Waals surface area contributed by atoms with Crippen LogP contribution in [0.4, 0.5) is 0 Å². The predicted molar refractivity (Wildman–Crippen MR) is 80.1 cm³/mol. The summed E-state index contributed by atoms with van der Waals surface area (Å²) in [6.45, 7) is 3.03. The monoisotopic (exact) mass is 322 g/mol. The zero-order chi connectivity index (χ0) is 12.5. The molecule has 0 N–H and O–H groups in total. The van der Waals surface area contributed by atoms with Gasteiger partial charge in [-0.1, -0.05) is 35.0 Å². The lowest BCUT2D eigenvalue weighted by Crippen LogP contribution is -1.94. The molecule has 0 bridgehead atoms. The number of thiophene rings is 1. The number of aryl methyl sites for hydroxylation is 1. The molecule has 0 aliphatic carbocycles. The molecule has 0 radical (unpaired) electrons. The van der Waals surface area contributed by atoms with Crippen molar-refractivity contribution < 1.29 is 4.74 Å². The highest BCUT2D eigenvalue weighted by atomic mass is 79.9. The topological polar surface area (TPSA) is 9.23 Å². The van der Waals surface area contributed by atoms with Crippen LogP contribution < -0.4 is 4.74 Å². The van der Waals surface area contributed by atoms with Gasteiger partial charge in [0, 0.05) is 11.3 Å². The van der Waals surface area contributed by atoms with Crippen molar-refractivity contribution in [3.05, 3.63) is 51.2 Å². The number of hydrogen-bond acceptors (Lipinski definition) is 2. The predicted octanol–water partition coefficient (Wildman–Crippen LogP) is 4.73. The Morgan fingerprint density at radius 2 is 2.28 bits per heavy atom. The second kappa shape index (κ2) is 5.06. The van der Waals surface area contributed by atoms with E-state index in [9.17, 15) is 0 Å². The highest BCUT2D eigenvalue weighted by Crippen LogP contribution is 2.39. The first-order chi connectivity index (χ1) is 8.79. The van der Waals surface area contributed by atoms with Crippen LogP contribution in [0.2, 0.25) is 0 Å². The molecule has 0 amide bonds. The Morgan fingerprint density at radius 3 is 3.11 bits per heavy atom. The van der Waals surface area contributed by atoms with E-state index in [1.807, 2.05) is 11.3 Å². The van der Waals surface area contributed by atoms with E-state index in [0.29, 0.717) is 4.83 Å². The first-order valence-corrected chi connectivity index (χ1v) is 8.05. The third-order valence-electron chi connectivity index (χ3n) is 3.40. The summed E-state index contributed by atoms with van der Waals surface area (Å²) >= 11 is 5.68. The molecule has 94 valence electrons. The van der Waals surface area contributed by atoms with Gasteiger partial charge < -0.3 is 4.74 Å². The number of halogens is 1. The molecule has 0 spiro atoms. The molecule has 1 unspecified atom stereocenters. The number of alkyl halides is 1. The van der Waals surface area contributed by atoms with Gasteiger partial charge in [-0.25, -0.2) is 0 Å². The van der Waals surface area contributed by atoms with Crippen LogP contribution in [0.15, 0.2) is 29.6 Å². The number of ether oxygens (including phenoxy) is 1. The van der Waals surface area contributed by atoms with Crippen LogP contribution in [-0.2, 0) is 12.8 Å². The van der Waals surface area contributed by atoms with E-state index < -0.39 is 0 Å². The molecule has 0 saturated carbocycles. The van der Waals surface area contributed by atoms with Crippen molar-refractivity contribution in [2.75, 3.05) is 6.61 Å². The van der Waals surface area contributed by atoms with Crippen LogP contribution in [0.3, 0.4) is 0 Å². The van der Waals surface area contributed by atoms with Gasteiger partial charge in [-0.2, -0.15) is 0 Å². The lowest BCUT2D eigenvalue weighted by atomic mass is 10.0. The van der Waals surface area contributed by atoms with Crippen molar-refractivity contribution in [1.29, 1.82) is 0 Å². The van der Waals surface area contributed by atoms with Crippen molar-refractivity contribution >= 4 is 27.3 Å². The number of hydrogen-bond donors (Lipinski definition) is 0. The normalized spacial score (nSPS) is 15.2. The molecule has 3 rings (SSSR count). The fourth-order valence-electron chi connectivity index (χ4n) is 2.38. The third-order valence-corrected chi connectivity index (χ3v) is 5.71. The van der Waals surface area contributed by atoms with Crippen molar-refractivity contribution in [3.63, 3.8) is 0 Å². The van der Waals surface area contributed by atoms with Crippen molar-refractivity contribution in [2.45, 2.75) is 24.6 Å². The fourth-order valence-corrected chi connectivity index (χ4v) is 4.28. The van der Waals surface area contributed by atoms with Gasteiger partial charge in [0.15, 0.2) is 0 Å². The lowest BCUT2D eigenvalue weighted by molar-refractivity contribution is 0.357. The van der Waals surface area contributed by atoms with Gasteiger partial charge in [-0.05, 0) is 40.6 Å². The zero-order valence-corrected chi connectivity index (χ0v) is 12.7. The van der Waals surface area contributed by atoms with E-state index >= 15 is 0 Å². The molecular weight excluding hydrogens is 308 g/mol. The Balaban J connectivity index is 1.95. The molecule has 1 aromatic carbocycles. The van der Waals surface area contributed by atoms with Gasteiger partial charge in [0.25, 0.3) is 0 Å². The van der Waals surface area contributed by atoms with E-state index in [-0.39, 0.29) is 0 Å². The van der Waals surface area contributed by atoms with Gasteiger partial charge >= 0.3 is 0 Å². The quantitative estimate of drug-likeness (QED) is 0.742. The van der Waals surface area contributed by atoms with Gasteiger partial charge in [0.1, 0.15) is 5.75 Å². The van der Waals surface area contributed by atoms with Crippen molar-refractivity contribution in [1.82, 2.24) is 0 Å². The minimum absolute atomic E-state index is 0.304. The summed E-state index contributed by atoms with van der Waals surface area (Å²) < 4.78 is 5.56. The first kappa shape index (κ1) is 12.2. The Labute approximate surface area is 120 Å². The average Bonchev–Trinajstić information content (AvgIpc) is 3.05. The minimum atomic E-state index is 0.304. The summed E-state index contributed by atoms with van der Waals surface area (Å²) in [5.74, 6) is 1.06. The van der Waals surface area contributed by atoms with Gasteiger partial charge in [0.2, 0.25) is 0 Å². The molecule has 0 fully saturated rings. The maximum Gasteiger partial charge on any atom is 0.122 e. The van der Waals surface area contributed by atoms with Gasteiger partial charge in [0.05, 0.1) is 11.4 Å². The number of benzene rings is 1. The van der Waals surface area contributed by atoms with Crippen molar-refractivity contribution in [2.24, 2.45) is 0 Å². The first-order valence-electron chi connectivity index (χ1n) is 6.25. The standard InChI is InChI=1S/C15H15BrOS/c1-2-10-6-8-18-15(10)14(16)12-3-4-13-11(9-12)5-7-17-13/h3-4,6,8-9,14H,2,5,7H2,1H3. The van der Waals surface area contributed by atoms with E-state index in [0.717, 1.165) is 25.2 Å². The zero-order valence-electron chi connectivity index (χ0n) is 10.3. The van der Waals surface area contributed by atoms with E-state index in [1.165, 1.54) is 21.6 Å². The highest BCUT2D eigenvalue weighted by molar-refractivity contribution is 9.09. The second-order valence-corrected chi connectivity index (χ2v) is 6.36. The molecule has 2 aromatic rings. The number of fused-ring (bicyclic) bond motifs is 1. The Hall–Kier alpha value is -0.800. The van der Waals surface area contributed by atoms with Gasteiger partial charge in [-0.15, -0.1) is 11.3 Å². The molecule has 2 heterocycles. The molecule has 1 aliphatic rings. The lowest BCUT2D eigenvalue weighted by Gasteiger charge is -2.12. The molecule has 0 saturated heterocycles. The van der Waals surface area contributed by atoms with Crippen LogP contribution >= 0.6 is 27.3 Å². The minimum Gasteiger partial charge on any atom is -0.493 e. The smallest absolute Gasteiger partial charge is 0.122 e. The second-order valence-electron chi connectivity index (χ2n) is 4.49. The maximum atomic E-state index is 5.56. The Morgan fingerprint density at radius 1 is 1.39 bits per heavy atom. The third kappa shape index (κ3) is 2.10. The molecule has 1 atom stereocenters. The molecule has 1 aromatic heterocycles. The van der Waals surface area contributed by atoms with Gasteiger partial charge in [-0.3, -0.25) is 0 Å². The molecule has 1 aliphatic heterocycles. The van der Waals surface area contributed by atoms with Crippen LogP contribution in [0.1, 0.15) is 33.3 Å². The van der Waals surface area contributed by atoms with Crippen LogP contribution in [0.5, 0.6) is 5.75 Å². The average molecular weight is 323 g/mol. The summed E-state index contributed by atoms with van der Waals surface area (Å²) in [7, 11) is 0. The van der Waals surface area contributed by atoms with Crippen LogP contribution in [-0.4, -0.2) is 6.61 Å². The van der Waals surface area contributed by atoms with E-state index in [1.54, 1.807) is 0 Å². The number of rotatable bonds is 3.